The van der Waals surface area contributed by atoms with Crippen molar-refractivity contribution in [1.82, 2.24) is 0 Å². The minimum absolute atomic E-state index is 0.113. The molecule has 4 nitrogen and oxygen atoms in total. The smallest absolute Gasteiger partial charge is 0.161 e. The number of rotatable bonds is 3. The first-order valence-electron chi connectivity index (χ1n) is 4.03. The number of phenols is 1. The second kappa shape index (κ2) is 4.26. The fourth-order valence-electron chi connectivity index (χ4n) is 1.10. The van der Waals surface area contributed by atoms with Crippen LogP contribution in [-0.2, 0) is 0 Å². The van der Waals surface area contributed by atoms with E-state index in [9.17, 15) is 9.50 Å². The van der Waals surface area contributed by atoms with Crippen LogP contribution in [0.3, 0.4) is 0 Å². The zero-order valence-electron chi connectivity index (χ0n) is 7.70. The van der Waals surface area contributed by atoms with E-state index in [1.807, 2.05) is 0 Å². The second-order valence-electron chi connectivity index (χ2n) is 2.83. The molecule has 4 N–H and O–H groups in total. The molecule has 0 aromatic heterocycles. The fourth-order valence-corrected chi connectivity index (χ4v) is 1.10. The fraction of sp³-hybridized carbons (Fsp3) is 0.333. The molecule has 0 spiro atoms. The average molecular weight is 201 g/mol. The number of benzene rings is 1. The van der Waals surface area contributed by atoms with E-state index in [0.717, 1.165) is 6.07 Å². The third-order valence-corrected chi connectivity index (χ3v) is 1.89. The Hall–Kier alpha value is -1.33. The van der Waals surface area contributed by atoms with Gasteiger partial charge in [-0.25, -0.2) is 4.39 Å². The van der Waals surface area contributed by atoms with Gasteiger partial charge in [-0.15, -0.1) is 0 Å². The highest BCUT2D eigenvalue weighted by Crippen LogP contribution is 2.30. The third-order valence-electron chi connectivity index (χ3n) is 1.89. The summed E-state index contributed by atoms with van der Waals surface area (Å²) in [6, 6.07) is 1.36. The van der Waals surface area contributed by atoms with Crippen molar-refractivity contribution in [1.29, 1.82) is 0 Å². The van der Waals surface area contributed by atoms with E-state index in [-0.39, 0.29) is 23.7 Å². The summed E-state index contributed by atoms with van der Waals surface area (Å²) in [7, 11) is 1.35. The van der Waals surface area contributed by atoms with Gasteiger partial charge in [0.2, 0.25) is 0 Å². The van der Waals surface area contributed by atoms with E-state index in [1.165, 1.54) is 13.2 Å². The molecule has 78 valence electrons. The highest BCUT2D eigenvalue weighted by Gasteiger charge is 2.14. The van der Waals surface area contributed by atoms with Gasteiger partial charge in [0.1, 0.15) is 5.82 Å². The van der Waals surface area contributed by atoms with Crippen molar-refractivity contribution in [3.05, 3.63) is 23.5 Å². The molecule has 0 fully saturated rings. The summed E-state index contributed by atoms with van der Waals surface area (Å²) >= 11 is 0. The first-order valence-corrected chi connectivity index (χ1v) is 4.03. The zero-order chi connectivity index (χ0) is 10.7. The topological polar surface area (TPSA) is 75.7 Å². The molecular formula is C9H12FNO3. The number of hydrogen-bond acceptors (Lipinski definition) is 4. The molecule has 0 aliphatic rings. The third kappa shape index (κ3) is 1.94. The monoisotopic (exact) mass is 201 g/mol. The first-order chi connectivity index (χ1) is 6.60. The summed E-state index contributed by atoms with van der Waals surface area (Å²) in [5.74, 6) is -0.825. The van der Waals surface area contributed by atoms with Gasteiger partial charge in [-0.2, -0.15) is 0 Å². The van der Waals surface area contributed by atoms with Crippen molar-refractivity contribution in [3.63, 3.8) is 0 Å². The molecule has 1 rings (SSSR count). The van der Waals surface area contributed by atoms with Crippen LogP contribution >= 0.6 is 0 Å². The lowest BCUT2D eigenvalue weighted by Gasteiger charge is -2.12. The SMILES string of the molecule is COc1cc([C@H](N)CO)c(F)cc1O. The van der Waals surface area contributed by atoms with Crippen LogP contribution < -0.4 is 10.5 Å². The number of hydrogen-bond donors (Lipinski definition) is 3. The molecule has 0 bridgehead atoms. The molecule has 0 saturated carbocycles. The molecular weight excluding hydrogens is 189 g/mol. The summed E-state index contributed by atoms with van der Waals surface area (Å²) in [4.78, 5) is 0. The summed E-state index contributed by atoms with van der Waals surface area (Å²) in [6.45, 7) is -0.370. The molecule has 1 aromatic rings. The first kappa shape index (κ1) is 10.7. The lowest BCUT2D eigenvalue weighted by molar-refractivity contribution is 0.264. The van der Waals surface area contributed by atoms with E-state index in [0.29, 0.717) is 0 Å². The van der Waals surface area contributed by atoms with Crippen LogP contribution in [0.25, 0.3) is 0 Å². The maximum absolute atomic E-state index is 13.2. The van der Waals surface area contributed by atoms with Gasteiger partial charge in [0.15, 0.2) is 11.5 Å². The van der Waals surface area contributed by atoms with Gasteiger partial charge in [0, 0.05) is 11.6 Å². The maximum Gasteiger partial charge on any atom is 0.161 e. The molecule has 0 aliphatic carbocycles. The Bertz CT molecular complexity index is 330. The van der Waals surface area contributed by atoms with E-state index < -0.39 is 11.9 Å². The van der Waals surface area contributed by atoms with Gasteiger partial charge in [-0.05, 0) is 6.07 Å². The van der Waals surface area contributed by atoms with Gasteiger partial charge < -0.3 is 20.7 Å². The van der Waals surface area contributed by atoms with Crippen LogP contribution in [0.4, 0.5) is 4.39 Å². The predicted molar refractivity (Wildman–Crippen MR) is 48.6 cm³/mol. The van der Waals surface area contributed by atoms with Crippen LogP contribution in [0.2, 0.25) is 0 Å². The highest BCUT2D eigenvalue weighted by molar-refractivity contribution is 5.43. The summed E-state index contributed by atoms with van der Waals surface area (Å²) in [6.07, 6.45) is 0. The van der Waals surface area contributed by atoms with Crippen molar-refractivity contribution in [2.75, 3.05) is 13.7 Å². The van der Waals surface area contributed by atoms with E-state index >= 15 is 0 Å². The standard InChI is InChI=1S/C9H12FNO3/c1-14-9-2-5(7(11)4-12)6(10)3-8(9)13/h2-3,7,12-13H,4,11H2,1H3/t7-/m1/s1. The summed E-state index contributed by atoms with van der Waals surface area (Å²) < 4.78 is 18.0. The minimum atomic E-state index is -0.815. The summed E-state index contributed by atoms with van der Waals surface area (Å²) in [5.41, 5.74) is 5.55. The van der Waals surface area contributed by atoms with E-state index in [1.54, 1.807) is 0 Å². The van der Waals surface area contributed by atoms with Crippen LogP contribution in [0.15, 0.2) is 12.1 Å². The number of phenolic OH excluding ortho intramolecular Hbond substituents is 1. The molecule has 1 aromatic carbocycles. The summed E-state index contributed by atoms with van der Waals surface area (Å²) in [5, 5.41) is 18.0. The largest absolute Gasteiger partial charge is 0.504 e. The number of nitrogens with two attached hydrogens (primary N) is 1. The zero-order valence-corrected chi connectivity index (χ0v) is 7.70. The number of methoxy groups -OCH3 is 1. The molecule has 0 radical (unpaired) electrons. The van der Waals surface area contributed by atoms with E-state index in [2.05, 4.69) is 0 Å². The maximum atomic E-state index is 13.2. The Kier molecular flexibility index (Phi) is 3.27. The van der Waals surface area contributed by atoms with E-state index in [4.69, 9.17) is 15.6 Å². The number of aliphatic hydroxyl groups excluding tert-OH is 1. The van der Waals surface area contributed by atoms with Gasteiger partial charge in [0.05, 0.1) is 19.8 Å². The van der Waals surface area contributed by atoms with Crippen LogP contribution in [0.5, 0.6) is 11.5 Å². The molecule has 0 saturated heterocycles. The Morgan fingerprint density at radius 1 is 1.57 bits per heavy atom. The van der Waals surface area contributed by atoms with Crippen LogP contribution in [0.1, 0.15) is 11.6 Å². The van der Waals surface area contributed by atoms with Crippen molar-refractivity contribution < 1.29 is 19.3 Å². The molecule has 0 heterocycles. The Morgan fingerprint density at radius 2 is 2.21 bits per heavy atom. The number of ether oxygens (including phenoxy) is 1. The van der Waals surface area contributed by atoms with Crippen molar-refractivity contribution in [2.24, 2.45) is 5.73 Å². The quantitative estimate of drug-likeness (QED) is 0.666. The number of halogens is 1. The molecule has 0 aliphatic heterocycles. The number of aliphatic hydroxyl groups is 1. The minimum Gasteiger partial charge on any atom is -0.504 e. The van der Waals surface area contributed by atoms with Crippen LogP contribution in [0, 0.1) is 5.82 Å². The Labute approximate surface area is 80.7 Å². The van der Waals surface area contributed by atoms with Crippen molar-refractivity contribution in [2.45, 2.75) is 6.04 Å². The molecule has 14 heavy (non-hydrogen) atoms. The van der Waals surface area contributed by atoms with Crippen molar-refractivity contribution in [3.8, 4) is 11.5 Å². The average Bonchev–Trinajstić information content (AvgIpc) is 2.17. The molecule has 1 atom stereocenters. The highest BCUT2D eigenvalue weighted by atomic mass is 19.1. The number of aromatic hydroxyl groups is 1. The van der Waals surface area contributed by atoms with Crippen LogP contribution in [-0.4, -0.2) is 23.9 Å². The van der Waals surface area contributed by atoms with Gasteiger partial charge in [-0.3, -0.25) is 0 Å². The van der Waals surface area contributed by atoms with Gasteiger partial charge in [-0.1, -0.05) is 0 Å². The molecule has 0 unspecified atom stereocenters. The normalized spacial score (nSPS) is 12.6. The predicted octanol–water partition coefficient (Wildman–Crippen LogP) is 0.532. The van der Waals surface area contributed by atoms with Gasteiger partial charge in [0.25, 0.3) is 0 Å². The Morgan fingerprint density at radius 3 is 2.71 bits per heavy atom. The van der Waals surface area contributed by atoms with Gasteiger partial charge >= 0.3 is 0 Å². The molecule has 5 heteroatoms. The lowest BCUT2D eigenvalue weighted by Crippen LogP contribution is -2.16. The van der Waals surface area contributed by atoms with Crippen molar-refractivity contribution >= 4 is 0 Å². The second-order valence-corrected chi connectivity index (χ2v) is 2.83. The lowest BCUT2D eigenvalue weighted by atomic mass is 10.1. The Balaban J connectivity index is 3.17. The molecule has 0 amide bonds.